The van der Waals surface area contributed by atoms with Gasteiger partial charge in [0, 0.05) is 31.1 Å². The SMILES string of the molecule is Cc1ccc(CC(=O)N2CCN(C(C)c3nc4sc5c(c4c(=O)[nH]3)CCC(C)C5)CC2)cc1. The Bertz CT molecular complexity index is 1220. The third-order valence-corrected chi connectivity index (χ3v) is 8.42. The Labute approximate surface area is 198 Å². The average molecular weight is 465 g/mol. The first-order chi connectivity index (χ1) is 15.9. The lowest BCUT2D eigenvalue weighted by Crippen LogP contribution is -2.50. The summed E-state index contributed by atoms with van der Waals surface area (Å²) in [6, 6.07) is 8.18. The molecule has 2 unspecified atom stereocenters. The highest BCUT2D eigenvalue weighted by Gasteiger charge is 2.28. The Kier molecular flexibility index (Phi) is 6.10. The second-order valence-electron chi connectivity index (χ2n) is 9.74. The highest BCUT2D eigenvalue weighted by molar-refractivity contribution is 7.18. The van der Waals surface area contributed by atoms with Crippen LogP contribution in [0.1, 0.15) is 53.7 Å². The van der Waals surface area contributed by atoms with Gasteiger partial charge in [-0.25, -0.2) is 4.98 Å². The van der Waals surface area contributed by atoms with Crippen molar-refractivity contribution < 1.29 is 4.79 Å². The van der Waals surface area contributed by atoms with E-state index < -0.39 is 0 Å². The summed E-state index contributed by atoms with van der Waals surface area (Å²) in [7, 11) is 0. The number of nitrogens with zero attached hydrogens (tertiary/aromatic N) is 3. The minimum atomic E-state index is 0.000754. The predicted molar refractivity (Wildman–Crippen MR) is 133 cm³/mol. The van der Waals surface area contributed by atoms with Gasteiger partial charge in [0.05, 0.1) is 17.8 Å². The summed E-state index contributed by atoms with van der Waals surface area (Å²) >= 11 is 1.70. The Morgan fingerprint density at radius 2 is 1.94 bits per heavy atom. The van der Waals surface area contributed by atoms with Crippen molar-refractivity contribution in [3.05, 3.63) is 62.0 Å². The van der Waals surface area contributed by atoms with Gasteiger partial charge in [-0.3, -0.25) is 14.5 Å². The number of amides is 1. The Balaban J connectivity index is 1.26. The average Bonchev–Trinajstić information content (AvgIpc) is 3.18. The van der Waals surface area contributed by atoms with Gasteiger partial charge in [-0.2, -0.15) is 0 Å². The van der Waals surface area contributed by atoms with Crippen molar-refractivity contribution in [2.75, 3.05) is 26.2 Å². The van der Waals surface area contributed by atoms with Crippen LogP contribution in [-0.4, -0.2) is 51.9 Å². The summed E-state index contributed by atoms with van der Waals surface area (Å²) in [6.07, 6.45) is 3.63. The van der Waals surface area contributed by atoms with Gasteiger partial charge in [-0.05, 0) is 50.2 Å². The number of fused-ring (bicyclic) bond motifs is 3. The van der Waals surface area contributed by atoms with Gasteiger partial charge in [-0.1, -0.05) is 36.8 Å². The van der Waals surface area contributed by atoms with Crippen molar-refractivity contribution >= 4 is 27.5 Å². The van der Waals surface area contributed by atoms with Crippen LogP contribution in [0.25, 0.3) is 10.2 Å². The van der Waals surface area contributed by atoms with Crippen LogP contribution in [-0.2, 0) is 24.1 Å². The Morgan fingerprint density at radius 3 is 2.67 bits per heavy atom. The lowest BCUT2D eigenvalue weighted by molar-refractivity contribution is -0.132. The molecule has 3 aromatic rings. The maximum absolute atomic E-state index is 13.0. The minimum absolute atomic E-state index is 0.000754. The summed E-state index contributed by atoms with van der Waals surface area (Å²) in [6.45, 7) is 9.40. The summed E-state index contributed by atoms with van der Waals surface area (Å²) < 4.78 is 0. The number of aryl methyl sites for hydroxylation is 2. The molecule has 7 heteroatoms. The van der Waals surface area contributed by atoms with Crippen molar-refractivity contribution in [2.45, 2.75) is 52.5 Å². The molecule has 2 aliphatic rings. The number of aromatic amines is 1. The molecule has 5 rings (SSSR count). The number of hydrogen-bond donors (Lipinski definition) is 1. The molecule has 1 aliphatic carbocycles. The summed E-state index contributed by atoms with van der Waals surface area (Å²) in [5.74, 6) is 1.59. The number of H-pyrrole nitrogens is 1. The van der Waals surface area contributed by atoms with Gasteiger partial charge in [0.15, 0.2) is 0 Å². The second kappa shape index (κ2) is 9.03. The van der Waals surface area contributed by atoms with E-state index in [4.69, 9.17) is 4.98 Å². The van der Waals surface area contributed by atoms with Gasteiger partial charge >= 0.3 is 0 Å². The molecule has 0 spiro atoms. The Morgan fingerprint density at radius 1 is 1.21 bits per heavy atom. The number of piperazine rings is 1. The number of benzene rings is 1. The van der Waals surface area contributed by atoms with E-state index in [9.17, 15) is 9.59 Å². The molecule has 6 nitrogen and oxygen atoms in total. The van der Waals surface area contributed by atoms with Crippen LogP contribution in [0.15, 0.2) is 29.1 Å². The number of carbonyl (C=O) groups is 1. The summed E-state index contributed by atoms with van der Waals surface area (Å²) in [4.78, 5) is 40.2. The van der Waals surface area contributed by atoms with E-state index in [1.165, 1.54) is 16.0 Å². The Hall–Kier alpha value is -2.51. The molecule has 33 heavy (non-hydrogen) atoms. The molecular formula is C26H32N4O2S. The van der Waals surface area contributed by atoms with E-state index in [-0.39, 0.29) is 17.5 Å². The lowest BCUT2D eigenvalue weighted by Gasteiger charge is -2.37. The first-order valence-electron chi connectivity index (χ1n) is 12.0. The highest BCUT2D eigenvalue weighted by atomic mass is 32.1. The molecule has 2 atom stereocenters. The zero-order valence-electron chi connectivity index (χ0n) is 19.7. The van der Waals surface area contributed by atoms with Crippen LogP contribution in [0.2, 0.25) is 0 Å². The molecule has 2 aromatic heterocycles. The van der Waals surface area contributed by atoms with Crippen molar-refractivity contribution in [1.29, 1.82) is 0 Å². The van der Waals surface area contributed by atoms with Gasteiger partial charge in [0.25, 0.3) is 5.56 Å². The van der Waals surface area contributed by atoms with Crippen molar-refractivity contribution in [2.24, 2.45) is 5.92 Å². The second-order valence-corrected chi connectivity index (χ2v) is 10.8. The summed E-state index contributed by atoms with van der Waals surface area (Å²) in [5, 5.41) is 0.810. The fourth-order valence-corrected chi connectivity index (χ4v) is 6.48. The number of hydrogen-bond acceptors (Lipinski definition) is 5. The van der Waals surface area contributed by atoms with Crippen LogP contribution in [0.4, 0.5) is 0 Å². The highest BCUT2D eigenvalue weighted by Crippen LogP contribution is 2.36. The van der Waals surface area contributed by atoms with Crippen LogP contribution in [0.5, 0.6) is 0 Å². The first kappa shape index (κ1) is 22.3. The zero-order valence-corrected chi connectivity index (χ0v) is 20.5. The molecule has 0 saturated carbocycles. The van der Waals surface area contributed by atoms with Crippen LogP contribution < -0.4 is 5.56 Å². The van der Waals surface area contributed by atoms with Crippen LogP contribution in [0.3, 0.4) is 0 Å². The quantitative estimate of drug-likeness (QED) is 0.637. The molecule has 1 amide bonds. The maximum atomic E-state index is 13.0. The number of thiophene rings is 1. The fourth-order valence-electron chi connectivity index (χ4n) is 5.09. The fraction of sp³-hybridized carbons (Fsp3) is 0.500. The number of carbonyl (C=O) groups excluding carboxylic acids is 1. The predicted octanol–water partition coefficient (Wildman–Crippen LogP) is 3.87. The van der Waals surface area contributed by atoms with E-state index in [2.05, 4.69) is 42.8 Å². The smallest absolute Gasteiger partial charge is 0.259 e. The van der Waals surface area contributed by atoms with E-state index >= 15 is 0 Å². The monoisotopic (exact) mass is 464 g/mol. The van der Waals surface area contributed by atoms with Gasteiger partial charge in [-0.15, -0.1) is 11.3 Å². The molecule has 1 aliphatic heterocycles. The van der Waals surface area contributed by atoms with Gasteiger partial charge in [0.1, 0.15) is 10.7 Å². The number of aromatic nitrogens is 2. The summed E-state index contributed by atoms with van der Waals surface area (Å²) in [5.41, 5.74) is 3.49. The number of rotatable bonds is 4. The minimum Gasteiger partial charge on any atom is -0.340 e. The lowest BCUT2D eigenvalue weighted by atomic mass is 9.89. The number of nitrogens with one attached hydrogen (secondary N) is 1. The zero-order chi connectivity index (χ0) is 23.1. The van der Waals surface area contributed by atoms with Crippen molar-refractivity contribution in [1.82, 2.24) is 19.8 Å². The molecule has 3 heterocycles. The molecule has 174 valence electrons. The third-order valence-electron chi connectivity index (χ3n) is 7.27. The molecule has 0 radical (unpaired) electrons. The molecule has 1 fully saturated rings. The first-order valence-corrected chi connectivity index (χ1v) is 12.8. The third kappa shape index (κ3) is 4.49. The molecule has 1 N–H and O–H groups in total. The van der Waals surface area contributed by atoms with Crippen molar-refractivity contribution in [3.8, 4) is 0 Å². The molecule has 1 aromatic carbocycles. The van der Waals surface area contributed by atoms with E-state index in [0.717, 1.165) is 54.0 Å². The van der Waals surface area contributed by atoms with E-state index in [1.54, 1.807) is 11.3 Å². The van der Waals surface area contributed by atoms with Gasteiger partial charge in [0.2, 0.25) is 5.91 Å². The van der Waals surface area contributed by atoms with E-state index in [0.29, 0.717) is 25.4 Å². The van der Waals surface area contributed by atoms with Crippen molar-refractivity contribution in [3.63, 3.8) is 0 Å². The molecule has 0 bridgehead atoms. The largest absolute Gasteiger partial charge is 0.340 e. The van der Waals surface area contributed by atoms with Crippen LogP contribution in [0, 0.1) is 12.8 Å². The van der Waals surface area contributed by atoms with Gasteiger partial charge < -0.3 is 9.88 Å². The molecule has 1 saturated heterocycles. The topological polar surface area (TPSA) is 69.3 Å². The van der Waals surface area contributed by atoms with E-state index in [1.807, 2.05) is 17.0 Å². The maximum Gasteiger partial charge on any atom is 0.259 e. The standard InChI is InChI=1S/C26H32N4O2S/c1-16-4-7-19(8-5-16)15-22(31)30-12-10-29(11-13-30)18(3)24-27-25(32)23-20-9-6-17(2)14-21(20)33-26(23)28-24/h4-5,7-8,17-18H,6,9-15H2,1-3H3,(H,27,28,32). The molecular weight excluding hydrogens is 432 g/mol. The normalized spacial score (nSPS) is 20.1. The van der Waals surface area contributed by atoms with Crippen LogP contribution >= 0.6 is 11.3 Å².